The van der Waals surface area contributed by atoms with Gasteiger partial charge in [0.15, 0.2) is 0 Å². The third-order valence-corrected chi connectivity index (χ3v) is 2.61. The summed E-state index contributed by atoms with van der Waals surface area (Å²) in [5, 5.41) is 6.02. The molecule has 0 aromatic rings. The number of carbonyl (C=O) groups is 1. The largest absolute Gasteiger partial charge is 0.446 e. The van der Waals surface area contributed by atoms with Gasteiger partial charge in [0.25, 0.3) is 0 Å². The Balaban J connectivity index is 2.01. The second kappa shape index (κ2) is 7.51. The van der Waals surface area contributed by atoms with Crippen LogP contribution in [0.1, 0.15) is 39.0 Å². The zero-order chi connectivity index (χ0) is 10.9. The Hall–Kier alpha value is -0.770. The van der Waals surface area contributed by atoms with Crippen molar-refractivity contribution in [3.05, 3.63) is 0 Å². The normalized spacial score (nSPS) is 17.4. The number of unbranched alkanes of at least 4 members (excludes halogenated alkanes) is 2. The highest BCUT2D eigenvalue weighted by Gasteiger charge is 2.16. The minimum Gasteiger partial charge on any atom is -0.446 e. The lowest BCUT2D eigenvalue weighted by molar-refractivity contribution is 0.0794. The summed E-state index contributed by atoms with van der Waals surface area (Å²) in [6.07, 6.45) is 5.09. The van der Waals surface area contributed by atoms with Gasteiger partial charge in [0, 0.05) is 6.54 Å². The molecule has 2 N–H and O–H groups in total. The molecule has 1 aliphatic rings. The molecule has 15 heavy (non-hydrogen) atoms. The van der Waals surface area contributed by atoms with Gasteiger partial charge in [-0.1, -0.05) is 19.8 Å². The predicted octanol–water partition coefficient (Wildman–Crippen LogP) is 1.65. The summed E-state index contributed by atoms with van der Waals surface area (Å²) in [5.41, 5.74) is 0. The number of hydrogen-bond acceptors (Lipinski definition) is 3. The highest BCUT2D eigenvalue weighted by atomic mass is 16.6. The summed E-state index contributed by atoms with van der Waals surface area (Å²) in [6.45, 7) is 4.78. The molecule has 1 rings (SSSR count). The second-order valence-electron chi connectivity index (χ2n) is 3.99. The quantitative estimate of drug-likeness (QED) is 0.684. The Morgan fingerprint density at radius 3 is 2.80 bits per heavy atom. The number of rotatable bonds is 5. The molecule has 1 aliphatic heterocycles. The summed E-state index contributed by atoms with van der Waals surface area (Å²) in [6, 6.07) is 0. The van der Waals surface area contributed by atoms with Crippen LogP contribution in [0.2, 0.25) is 0 Å². The lowest BCUT2D eigenvalue weighted by atomic mass is 10.1. The fourth-order valence-corrected chi connectivity index (χ4v) is 1.67. The van der Waals surface area contributed by atoms with E-state index in [1.807, 2.05) is 0 Å². The number of alkyl carbamates (subject to hydrolysis) is 1. The highest BCUT2D eigenvalue weighted by Crippen LogP contribution is 2.06. The van der Waals surface area contributed by atoms with Gasteiger partial charge in [-0.3, -0.25) is 0 Å². The molecule has 0 unspecified atom stereocenters. The molecule has 0 aromatic heterocycles. The zero-order valence-electron chi connectivity index (χ0n) is 9.55. The number of hydrogen-bond donors (Lipinski definition) is 2. The van der Waals surface area contributed by atoms with E-state index in [-0.39, 0.29) is 12.2 Å². The van der Waals surface area contributed by atoms with Gasteiger partial charge in [-0.25, -0.2) is 4.79 Å². The monoisotopic (exact) mass is 214 g/mol. The van der Waals surface area contributed by atoms with Crippen molar-refractivity contribution in [2.45, 2.75) is 45.1 Å². The van der Waals surface area contributed by atoms with Crippen molar-refractivity contribution >= 4 is 6.09 Å². The van der Waals surface area contributed by atoms with Crippen LogP contribution in [0.15, 0.2) is 0 Å². The average Bonchev–Trinajstić information content (AvgIpc) is 2.26. The van der Waals surface area contributed by atoms with Crippen molar-refractivity contribution in [1.82, 2.24) is 10.6 Å². The van der Waals surface area contributed by atoms with E-state index in [9.17, 15) is 4.79 Å². The maximum absolute atomic E-state index is 11.3. The van der Waals surface area contributed by atoms with E-state index >= 15 is 0 Å². The molecule has 0 saturated carbocycles. The second-order valence-corrected chi connectivity index (χ2v) is 3.99. The molecule has 0 atom stereocenters. The molecule has 0 radical (unpaired) electrons. The van der Waals surface area contributed by atoms with E-state index in [0.29, 0.717) is 0 Å². The van der Waals surface area contributed by atoms with Crippen molar-refractivity contribution in [1.29, 1.82) is 0 Å². The third-order valence-electron chi connectivity index (χ3n) is 2.61. The van der Waals surface area contributed by atoms with E-state index in [1.165, 1.54) is 6.42 Å². The van der Waals surface area contributed by atoms with Crippen LogP contribution in [0.5, 0.6) is 0 Å². The lowest BCUT2D eigenvalue weighted by Crippen LogP contribution is -2.36. The van der Waals surface area contributed by atoms with E-state index in [2.05, 4.69) is 17.6 Å². The van der Waals surface area contributed by atoms with Gasteiger partial charge in [0.1, 0.15) is 6.10 Å². The maximum Gasteiger partial charge on any atom is 0.407 e. The van der Waals surface area contributed by atoms with Crippen LogP contribution in [0.4, 0.5) is 4.79 Å². The van der Waals surface area contributed by atoms with E-state index in [1.54, 1.807) is 0 Å². The maximum atomic E-state index is 11.3. The summed E-state index contributed by atoms with van der Waals surface area (Å²) in [4.78, 5) is 11.3. The molecular formula is C11H22N2O2. The minimum atomic E-state index is -0.252. The minimum absolute atomic E-state index is 0.109. The number of piperidine rings is 1. The van der Waals surface area contributed by atoms with Gasteiger partial charge in [0.2, 0.25) is 0 Å². The standard InChI is InChI=1S/C11H22N2O2/c1-2-3-4-7-13-11(14)15-10-5-8-12-9-6-10/h10,12H,2-9H2,1H3,(H,13,14). The van der Waals surface area contributed by atoms with E-state index in [4.69, 9.17) is 4.74 Å². The molecule has 0 aliphatic carbocycles. The first-order valence-electron chi connectivity index (χ1n) is 5.98. The Kier molecular flexibility index (Phi) is 6.16. The van der Waals surface area contributed by atoms with Crippen molar-refractivity contribution in [3.8, 4) is 0 Å². The number of carbonyl (C=O) groups excluding carboxylic acids is 1. The topological polar surface area (TPSA) is 50.4 Å². The molecule has 1 amide bonds. The molecular weight excluding hydrogens is 192 g/mol. The molecule has 0 spiro atoms. The molecule has 0 bridgehead atoms. The van der Waals surface area contributed by atoms with Crippen LogP contribution >= 0.6 is 0 Å². The van der Waals surface area contributed by atoms with Crippen molar-refractivity contribution < 1.29 is 9.53 Å². The van der Waals surface area contributed by atoms with Gasteiger partial charge < -0.3 is 15.4 Å². The Labute approximate surface area is 91.8 Å². The van der Waals surface area contributed by atoms with E-state index in [0.717, 1.165) is 45.3 Å². The summed E-state index contributed by atoms with van der Waals surface area (Å²) < 4.78 is 5.28. The first-order valence-corrected chi connectivity index (χ1v) is 5.98. The van der Waals surface area contributed by atoms with Crippen LogP contribution in [0, 0.1) is 0 Å². The van der Waals surface area contributed by atoms with Gasteiger partial charge in [-0.15, -0.1) is 0 Å². The fraction of sp³-hybridized carbons (Fsp3) is 0.909. The van der Waals surface area contributed by atoms with Crippen molar-refractivity contribution in [2.24, 2.45) is 0 Å². The van der Waals surface area contributed by atoms with Crippen LogP contribution in [0.25, 0.3) is 0 Å². The molecule has 1 heterocycles. The number of nitrogens with one attached hydrogen (secondary N) is 2. The lowest BCUT2D eigenvalue weighted by Gasteiger charge is -2.22. The predicted molar refractivity (Wildman–Crippen MR) is 59.9 cm³/mol. The molecule has 4 nitrogen and oxygen atoms in total. The van der Waals surface area contributed by atoms with Crippen LogP contribution < -0.4 is 10.6 Å². The summed E-state index contributed by atoms with van der Waals surface area (Å²) in [5.74, 6) is 0. The first kappa shape index (κ1) is 12.3. The van der Waals surface area contributed by atoms with Crippen LogP contribution in [-0.2, 0) is 4.74 Å². The highest BCUT2D eigenvalue weighted by molar-refractivity contribution is 5.67. The van der Waals surface area contributed by atoms with Gasteiger partial charge in [-0.05, 0) is 32.4 Å². The van der Waals surface area contributed by atoms with Gasteiger partial charge >= 0.3 is 6.09 Å². The van der Waals surface area contributed by atoms with E-state index < -0.39 is 0 Å². The van der Waals surface area contributed by atoms with Crippen molar-refractivity contribution in [2.75, 3.05) is 19.6 Å². The fourth-order valence-electron chi connectivity index (χ4n) is 1.67. The number of amides is 1. The Morgan fingerprint density at radius 2 is 2.13 bits per heavy atom. The van der Waals surface area contributed by atoms with Crippen LogP contribution in [0.3, 0.4) is 0 Å². The molecule has 4 heteroatoms. The third kappa shape index (κ3) is 5.62. The molecule has 1 fully saturated rings. The van der Waals surface area contributed by atoms with Crippen molar-refractivity contribution in [3.63, 3.8) is 0 Å². The Bertz CT molecular complexity index is 179. The summed E-state index contributed by atoms with van der Waals surface area (Å²) in [7, 11) is 0. The average molecular weight is 214 g/mol. The first-order chi connectivity index (χ1) is 7.33. The smallest absolute Gasteiger partial charge is 0.407 e. The van der Waals surface area contributed by atoms with Gasteiger partial charge in [-0.2, -0.15) is 0 Å². The Morgan fingerprint density at radius 1 is 1.40 bits per heavy atom. The number of ether oxygens (including phenoxy) is 1. The molecule has 1 saturated heterocycles. The molecule has 0 aromatic carbocycles. The molecule has 88 valence electrons. The zero-order valence-corrected chi connectivity index (χ0v) is 9.55. The summed E-state index contributed by atoms with van der Waals surface area (Å²) >= 11 is 0. The van der Waals surface area contributed by atoms with Gasteiger partial charge in [0.05, 0.1) is 0 Å². The SMILES string of the molecule is CCCCCNC(=O)OC1CCNCC1. The van der Waals surface area contributed by atoms with Crippen LogP contribution in [-0.4, -0.2) is 31.8 Å².